The summed E-state index contributed by atoms with van der Waals surface area (Å²) in [5.41, 5.74) is 7.64. The number of hydrogen-bond acceptors (Lipinski definition) is 4. The van der Waals surface area contributed by atoms with Gasteiger partial charge in [0.25, 0.3) is 0 Å². The maximum Gasteiger partial charge on any atom is 0.0508 e. The highest BCUT2D eigenvalue weighted by molar-refractivity contribution is 7.07. The van der Waals surface area contributed by atoms with Gasteiger partial charge in [-0.2, -0.15) is 11.3 Å². The molecule has 2 rings (SSSR count). The molecule has 2 heterocycles. The highest BCUT2D eigenvalue weighted by Gasteiger charge is 2.30. The molecule has 4 heteroatoms. The van der Waals surface area contributed by atoms with Crippen LogP contribution >= 0.6 is 11.3 Å². The molecule has 1 aromatic rings. The Hall–Kier alpha value is -0.420. The van der Waals surface area contributed by atoms with Gasteiger partial charge in [0.05, 0.1) is 6.04 Å². The Morgan fingerprint density at radius 2 is 2.22 bits per heavy atom. The van der Waals surface area contributed by atoms with Gasteiger partial charge in [-0.1, -0.05) is 0 Å². The number of hydrogen-bond donors (Lipinski definition) is 1. The molecule has 1 saturated heterocycles. The van der Waals surface area contributed by atoms with Crippen LogP contribution in [0.4, 0.5) is 0 Å². The quantitative estimate of drug-likeness (QED) is 0.911. The molecule has 3 nitrogen and oxygen atoms in total. The normalized spacial score (nSPS) is 26.8. The van der Waals surface area contributed by atoms with Gasteiger partial charge in [-0.05, 0) is 56.3 Å². The van der Waals surface area contributed by atoms with Gasteiger partial charge < -0.3 is 10.6 Å². The van der Waals surface area contributed by atoms with Crippen molar-refractivity contribution in [3.63, 3.8) is 0 Å². The molecule has 102 valence electrons. The van der Waals surface area contributed by atoms with E-state index in [0.29, 0.717) is 12.1 Å². The van der Waals surface area contributed by atoms with Crippen molar-refractivity contribution in [2.45, 2.75) is 38.4 Å². The Morgan fingerprint density at radius 1 is 1.44 bits per heavy atom. The maximum absolute atomic E-state index is 6.26. The van der Waals surface area contributed by atoms with Crippen LogP contribution in [0.25, 0.3) is 0 Å². The summed E-state index contributed by atoms with van der Waals surface area (Å²) in [5.74, 6) is 0. The van der Waals surface area contributed by atoms with E-state index in [0.717, 1.165) is 13.1 Å². The van der Waals surface area contributed by atoms with Gasteiger partial charge in [0.15, 0.2) is 0 Å². The van der Waals surface area contributed by atoms with Crippen molar-refractivity contribution in [1.29, 1.82) is 0 Å². The van der Waals surface area contributed by atoms with Gasteiger partial charge >= 0.3 is 0 Å². The summed E-state index contributed by atoms with van der Waals surface area (Å²) in [6.45, 7) is 7.92. The second kappa shape index (κ2) is 6.15. The van der Waals surface area contributed by atoms with Crippen LogP contribution in [0.3, 0.4) is 0 Å². The lowest BCUT2D eigenvalue weighted by Gasteiger charge is -2.37. The average Bonchev–Trinajstić information content (AvgIpc) is 2.74. The van der Waals surface area contributed by atoms with E-state index in [4.69, 9.17) is 5.73 Å². The first kappa shape index (κ1) is 14.0. The first-order valence-corrected chi connectivity index (χ1v) is 7.76. The lowest BCUT2D eigenvalue weighted by atomic mass is 10.00. The molecule has 0 saturated carbocycles. The SMILES string of the molecule is CC(N)C(c1ccsc1)N1CCCN(C)CC1C. The Balaban J connectivity index is 2.19. The Bertz CT molecular complexity index is 350. The number of nitrogens with zero attached hydrogens (tertiary/aromatic N) is 2. The molecule has 3 unspecified atom stereocenters. The molecule has 1 fully saturated rings. The van der Waals surface area contributed by atoms with Gasteiger partial charge in [-0.15, -0.1) is 0 Å². The van der Waals surface area contributed by atoms with Crippen molar-refractivity contribution in [3.05, 3.63) is 22.4 Å². The van der Waals surface area contributed by atoms with Crippen LogP contribution in [0.5, 0.6) is 0 Å². The number of rotatable bonds is 3. The monoisotopic (exact) mass is 267 g/mol. The van der Waals surface area contributed by atoms with Crippen molar-refractivity contribution < 1.29 is 0 Å². The molecule has 1 aliphatic heterocycles. The highest BCUT2D eigenvalue weighted by Crippen LogP contribution is 2.28. The molecule has 18 heavy (non-hydrogen) atoms. The van der Waals surface area contributed by atoms with E-state index in [1.165, 1.54) is 18.5 Å². The van der Waals surface area contributed by atoms with Crippen molar-refractivity contribution in [1.82, 2.24) is 9.80 Å². The summed E-state index contributed by atoms with van der Waals surface area (Å²) in [4.78, 5) is 5.02. The maximum atomic E-state index is 6.26. The van der Waals surface area contributed by atoms with E-state index in [9.17, 15) is 0 Å². The molecule has 0 amide bonds. The Morgan fingerprint density at radius 3 is 2.83 bits per heavy atom. The smallest absolute Gasteiger partial charge is 0.0508 e. The standard InChI is InChI=1S/C14H25N3S/c1-11-9-16(3)6-4-7-17(11)14(12(2)15)13-5-8-18-10-13/h5,8,10-12,14H,4,6-7,9,15H2,1-3H3. The predicted octanol–water partition coefficient (Wildman–Crippen LogP) is 2.16. The molecule has 1 aromatic heterocycles. The third-order valence-electron chi connectivity index (χ3n) is 3.84. The first-order valence-electron chi connectivity index (χ1n) is 6.81. The van der Waals surface area contributed by atoms with Gasteiger partial charge in [-0.25, -0.2) is 0 Å². The lowest BCUT2D eigenvalue weighted by Crippen LogP contribution is -2.46. The highest BCUT2D eigenvalue weighted by atomic mass is 32.1. The van der Waals surface area contributed by atoms with Crippen LogP contribution < -0.4 is 5.73 Å². The molecule has 3 atom stereocenters. The molecule has 0 bridgehead atoms. The van der Waals surface area contributed by atoms with Crippen LogP contribution in [0.1, 0.15) is 31.9 Å². The van der Waals surface area contributed by atoms with Crippen LogP contribution in [-0.2, 0) is 0 Å². The minimum atomic E-state index is 0.172. The van der Waals surface area contributed by atoms with Gasteiger partial charge in [-0.3, -0.25) is 4.90 Å². The van der Waals surface area contributed by atoms with Gasteiger partial charge in [0, 0.05) is 25.2 Å². The molecule has 0 aromatic carbocycles. The molecular weight excluding hydrogens is 242 g/mol. The molecule has 0 radical (unpaired) electrons. The fourth-order valence-corrected chi connectivity index (χ4v) is 3.73. The molecule has 0 spiro atoms. The van der Waals surface area contributed by atoms with E-state index in [2.05, 4.69) is 47.5 Å². The number of thiophene rings is 1. The second-order valence-electron chi connectivity index (χ2n) is 5.56. The van der Waals surface area contributed by atoms with Crippen molar-refractivity contribution >= 4 is 11.3 Å². The van der Waals surface area contributed by atoms with Gasteiger partial charge in [0.2, 0.25) is 0 Å². The summed E-state index contributed by atoms with van der Waals surface area (Å²) in [7, 11) is 2.21. The zero-order valence-corrected chi connectivity index (χ0v) is 12.5. The van der Waals surface area contributed by atoms with Crippen LogP contribution in [-0.4, -0.2) is 48.6 Å². The van der Waals surface area contributed by atoms with Crippen molar-refractivity contribution in [2.24, 2.45) is 5.73 Å². The fraction of sp³-hybridized carbons (Fsp3) is 0.714. The van der Waals surface area contributed by atoms with Crippen molar-refractivity contribution in [2.75, 3.05) is 26.7 Å². The van der Waals surface area contributed by atoms with Crippen LogP contribution in [0.2, 0.25) is 0 Å². The first-order chi connectivity index (χ1) is 8.59. The minimum Gasteiger partial charge on any atom is -0.326 e. The topological polar surface area (TPSA) is 32.5 Å². The number of nitrogens with two attached hydrogens (primary N) is 1. The molecule has 0 aliphatic carbocycles. The average molecular weight is 267 g/mol. The predicted molar refractivity (Wildman–Crippen MR) is 79.0 cm³/mol. The van der Waals surface area contributed by atoms with Crippen LogP contribution in [0.15, 0.2) is 16.8 Å². The number of likely N-dealkylation sites (N-methyl/N-ethyl adjacent to an activating group) is 1. The summed E-state index contributed by atoms with van der Waals surface area (Å²) >= 11 is 1.76. The van der Waals surface area contributed by atoms with Crippen molar-refractivity contribution in [3.8, 4) is 0 Å². The van der Waals surface area contributed by atoms with E-state index in [1.54, 1.807) is 11.3 Å². The second-order valence-corrected chi connectivity index (χ2v) is 6.34. The third-order valence-corrected chi connectivity index (χ3v) is 4.54. The van der Waals surface area contributed by atoms with E-state index >= 15 is 0 Å². The Kier molecular flexibility index (Phi) is 4.78. The molecule has 1 aliphatic rings. The summed E-state index contributed by atoms with van der Waals surface area (Å²) < 4.78 is 0. The van der Waals surface area contributed by atoms with E-state index in [1.807, 2.05) is 0 Å². The zero-order valence-electron chi connectivity index (χ0n) is 11.7. The summed E-state index contributed by atoms with van der Waals surface area (Å²) in [5, 5.41) is 4.40. The van der Waals surface area contributed by atoms with Crippen LogP contribution in [0, 0.1) is 0 Å². The molecule has 2 N–H and O–H groups in total. The Labute approximate surface area is 115 Å². The summed E-state index contributed by atoms with van der Waals surface area (Å²) in [6, 6.07) is 3.32. The van der Waals surface area contributed by atoms with E-state index < -0.39 is 0 Å². The lowest BCUT2D eigenvalue weighted by molar-refractivity contribution is 0.127. The molecular formula is C14H25N3S. The fourth-order valence-electron chi connectivity index (χ4n) is 3.04. The minimum absolute atomic E-state index is 0.172. The largest absolute Gasteiger partial charge is 0.326 e. The summed E-state index contributed by atoms with van der Waals surface area (Å²) in [6.07, 6.45) is 1.23. The zero-order chi connectivity index (χ0) is 13.1. The van der Waals surface area contributed by atoms with E-state index in [-0.39, 0.29) is 6.04 Å². The van der Waals surface area contributed by atoms with Gasteiger partial charge in [0.1, 0.15) is 0 Å². The third kappa shape index (κ3) is 3.12.